The largest absolute Gasteiger partial charge is 0.384 e. The Morgan fingerprint density at radius 1 is 0.955 bits per heavy atom. The maximum atomic E-state index is 14.0. The maximum absolute atomic E-state index is 14.0. The Labute approximate surface area is 259 Å². The molecule has 10 heteroatoms. The van der Waals surface area contributed by atoms with Crippen LogP contribution in [0.4, 0.5) is 0 Å². The molecule has 9 nitrogen and oxygen atoms in total. The molecule has 0 spiro atoms. The first kappa shape index (κ1) is 31.7. The highest BCUT2D eigenvalue weighted by atomic mass is 32.2. The van der Waals surface area contributed by atoms with Crippen molar-refractivity contribution in [3.05, 3.63) is 82.9 Å². The van der Waals surface area contributed by atoms with Crippen molar-refractivity contribution in [3.63, 3.8) is 0 Å². The van der Waals surface area contributed by atoms with Crippen LogP contribution in [-0.2, 0) is 39.0 Å². The Morgan fingerprint density at radius 2 is 1.55 bits per heavy atom. The number of benzene rings is 3. The lowest BCUT2D eigenvalue weighted by Crippen LogP contribution is -2.63. The van der Waals surface area contributed by atoms with Crippen LogP contribution in [0.2, 0.25) is 0 Å². The fourth-order valence-corrected chi connectivity index (χ4v) is 8.36. The maximum Gasteiger partial charge on any atom is 0.246 e. The number of nitrogens with two attached hydrogens (primary N) is 1. The van der Waals surface area contributed by atoms with Gasteiger partial charge in [0.2, 0.25) is 21.8 Å². The molecule has 2 aliphatic rings. The molecule has 1 saturated carbocycles. The number of rotatable bonds is 11. The lowest BCUT2D eigenvalue weighted by Gasteiger charge is -2.32. The monoisotopic (exact) mass is 617 g/mol. The van der Waals surface area contributed by atoms with E-state index in [0.717, 1.165) is 59.6 Å². The number of carbonyl (C=O) groups is 2. The summed E-state index contributed by atoms with van der Waals surface area (Å²) in [6.07, 6.45) is 5.53. The molecule has 1 atom stereocenters. The van der Waals surface area contributed by atoms with Gasteiger partial charge in [0.15, 0.2) is 0 Å². The number of nitrogen functional groups attached to an aromatic ring is 1. The van der Waals surface area contributed by atoms with Gasteiger partial charge >= 0.3 is 0 Å². The van der Waals surface area contributed by atoms with Gasteiger partial charge in [0, 0.05) is 24.9 Å². The zero-order chi connectivity index (χ0) is 31.5. The van der Waals surface area contributed by atoms with Crippen molar-refractivity contribution < 1.29 is 18.0 Å². The molecule has 0 radical (unpaired) electrons. The van der Waals surface area contributed by atoms with E-state index < -0.39 is 27.5 Å². The molecule has 0 aromatic heterocycles. The molecule has 5 rings (SSSR count). The summed E-state index contributed by atoms with van der Waals surface area (Å²) < 4.78 is 29.1. The van der Waals surface area contributed by atoms with Gasteiger partial charge in [-0.1, -0.05) is 93.8 Å². The first-order valence-corrected chi connectivity index (χ1v) is 17.1. The third-order valence-electron chi connectivity index (χ3n) is 9.00. The number of sulfonamides is 1. The highest BCUT2D eigenvalue weighted by Crippen LogP contribution is 2.34. The topological polar surface area (TPSA) is 154 Å². The molecule has 0 unspecified atom stereocenters. The highest BCUT2D eigenvalue weighted by Gasteiger charge is 2.46. The Balaban J connectivity index is 1.38. The number of amides is 2. The van der Waals surface area contributed by atoms with Crippen LogP contribution in [0.15, 0.2) is 60.7 Å². The van der Waals surface area contributed by atoms with E-state index in [9.17, 15) is 18.0 Å². The average molecular weight is 618 g/mol. The van der Waals surface area contributed by atoms with Crippen molar-refractivity contribution in [2.24, 2.45) is 17.6 Å². The van der Waals surface area contributed by atoms with Crippen molar-refractivity contribution >= 4 is 38.4 Å². The van der Waals surface area contributed by atoms with E-state index >= 15 is 0 Å². The Hall–Kier alpha value is -3.76. The van der Waals surface area contributed by atoms with E-state index in [4.69, 9.17) is 11.1 Å². The summed E-state index contributed by atoms with van der Waals surface area (Å²) in [5, 5.41) is 15.8. The minimum atomic E-state index is -3.72. The lowest BCUT2D eigenvalue weighted by molar-refractivity contribution is -0.134. The number of fused-ring (bicyclic) bond motifs is 2. The average Bonchev–Trinajstić information content (AvgIpc) is 3.35. The second kappa shape index (κ2) is 13.1. The van der Waals surface area contributed by atoms with Crippen LogP contribution in [0.1, 0.15) is 68.2 Å². The van der Waals surface area contributed by atoms with Crippen LogP contribution in [0.25, 0.3) is 10.8 Å². The molecule has 3 aromatic carbocycles. The zero-order valence-electron chi connectivity index (χ0n) is 25.5. The van der Waals surface area contributed by atoms with Crippen LogP contribution in [0.3, 0.4) is 0 Å². The second-order valence-electron chi connectivity index (χ2n) is 12.8. The summed E-state index contributed by atoms with van der Waals surface area (Å²) in [6, 6.07) is 18.2. The molecule has 0 bridgehead atoms. The molecule has 234 valence electrons. The summed E-state index contributed by atoms with van der Waals surface area (Å²) >= 11 is 0. The molecule has 0 heterocycles. The molecule has 0 aliphatic heterocycles. The summed E-state index contributed by atoms with van der Waals surface area (Å²) in [5.41, 5.74) is 7.64. The summed E-state index contributed by atoms with van der Waals surface area (Å²) in [7, 11) is -3.72. The van der Waals surface area contributed by atoms with Crippen LogP contribution < -0.4 is 21.1 Å². The van der Waals surface area contributed by atoms with E-state index in [2.05, 4.69) is 27.5 Å². The van der Waals surface area contributed by atoms with Crippen molar-refractivity contribution in [2.75, 3.05) is 5.75 Å². The predicted molar refractivity (Wildman–Crippen MR) is 174 cm³/mol. The molecule has 6 N–H and O–H groups in total. The van der Waals surface area contributed by atoms with Crippen molar-refractivity contribution in [3.8, 4) is 0 Å². The number of carbonyl (C=O) groups excluding carboxylic acids is 2. The van der Waals surface area contributed by atoms with Crippen LogP contribution in [-0.4, -0.2) is 43.4 Å². The van der Waals surface area contributed by atoms with Gasteiger partial charge in [-0.25, -0.2) is 13.1 Å². The Kier molecular flexibility index (Phi) is 9.41. The molecule has 3 aromatic rings. The lowest BCUT2D eigenvalue weighted by atomic mass is 9.91. The number of hydrogen-bond donors (Lipinski definition) is 5. The fourth-order valence-electron chi connectivity index (χ4n) is 6.55. The Bertz CT molecular complexity index is 1600. The molecular formula is C34H43N5O4S. The van der Waals surface area contributed by atoms with Crippen LogP contribution in [0, 0.1) is 17.2 Å². The first-order valence-electron chi connectivity index (χ1n) is 15.5. The van der Waals surface area contributed by atoms with E-state index in [-0.39, 0.29) is 48.7 Å². The standard InChI is InChI=1S/C34H43N5O4S/c1-22(2)30(39-44(42,43)21-24-8-4-3-5-9-24)32(40)38-34(33(41)37-20-23-12-14-25(15-13-23)31(35)36)18-28-16-26-10-6-7-11-27(26)17-29(28)19-34/h6-7,10-17,22,24,30,39H,3-5,8-9,18-21H2,1-2H3,(H3,35,36)(H,37,41)(H,38,40)/t30-/m1/s1. The molecule has 2 aliphatic carbocycles. The van der Waals surface area contributed by atoms with Crippen molar-refractivity contribution in [1.29, 1.82) is 5.41 Å². The van der Waals surface area contributed by atoms with Crippen LogP contribution in [0.5, 0.6) is 0 Å². The number of nitrogens with one attached hydrogen (secondary N) is 4. The van der Waals surface area contributed by atoms with E-state index in [1.54, 1.807) is 38.1 Å². The molecular weight excluding hydrogens is 574 g/mol. The van der Waals surface area contributed by atoms with Crippen molar-refractivity contribution in [1.82, 2.24) is 15.4 Å². The van der Waals surface area contributed by atoms with Gasteiger partial charge in [0.05, 0.1) is 5.75 Å². The third-order valence-corrected chi connectivity index (χ3v) is 10.5. The Morgan fingerprint density at radius 3 is 2.09 bits per heavy atom. The van der Waals surface area contributed by atoms with Crippen molar-refractivity contribution in [2.45, 2.75) is 76.9 Å². The summed E-state index contributed by atoms with van der Waals surface area (Å²) in [6.45, 7) is 3.83. The minimum absolute atomic E-state index is 0.00950. The number of amidine groups is 1. The molecule has 0 saturated heterocycles. The molecule has 44 heavy (non-hydrogen) atoms. The number of hydrogen-bond acceptors (Lipinski definition) is 5. The summed E-state index contributed by atoms with van der Waals surface area (Å²) in [4.78, 5) is 28.0. The normalized spacial score (nSPS) is 17.2. The highest BCUT2D eigenvalue weighted by molar-refractivity contribution is 7.89. The van der Waals surface area contributed by atoms with Gasteiger partial charge < -0.3 is 16.4 Å². The quantitative estimate of drug-likeness (QED) is 0.163. The third kappa shape index (κ3) is 7.30. The SMILES string of the molecule is CC(C)[C@@H](NS(=O)(=O)CC1CCCCC1)C(=O)NC1(C(=O)NCc2ccc(C(=N)N)cc2)Cc2cc3ccccc3cc2C1. The first-order chi connectivity index (χ1) is 20.9. The van der Waals surface area contributed by atoms with E-state index in [0.29, 0.717) is 5.56 Å². The van der Waals surface area contributed by atoms with Gasteiger partial charge in [-0.2, -0.15) is 0 Å². The summed E-state index contributed by atoms with van der Waals surface area (Å²) in [5.74, 6) is -1.11. The molecule has 2 amide bonds. The van der Waals surface area contributed by atoms with Gasteiger partial charge in [0.1, 0.15) is 17.4 Å². The second-order valence-corrected chi connectivity index (χ2v) is 14.6. The van der Waals surface area contributed by atoms with Gasteiger partial charge in [-0.3, -0.25) is 15.0 Å². The fraction of sp³-hybridized carbons (Fsp3) is 0.441. The minimum Gasteiger partial charge on any atom is -0.384 e. The van der Waals surface area contributed by atoms with Gasteiger partial charge in [-0.15, -0.1) is 0 Å². The van der Waals surface area contributed by atoms with Gasteiger partial charge in [-0.05, 0) is 52.1 Å². The molecule has 1 fully saturated rings. The predicted octanol–water partition coefficient (Wildman–Crippen LogP) is 3.92. The van der Waals surface area contributed by atoms with Crippen LogP contribution >= 0.6 is 0 Å². The van der Waals surface area contributed by atoms with Gasteiger partial charge in [0.25, 0.3) is 0 Å². The van der Waals surface area contributed by atoms with E-state index in [1.807, 2.05) is 24.3 Å². The van der Waals surface area contributed by atoms with E-state index in [1.165, 1.54) is 0 Å². The smallest absolute Gasteiger partial charge is 0.246 e. The zero-order valence-corrected chi connectivity index (χ0v) is 26.3.